The highest BCUT2D eigenvalue weighted by molar-refractivity contribution is 6.09. The number of phenols is 1. The normalized spacial score (nSPS) is 20.8. The summed E-state index contributed by atoms with van der Waals surface area (Å²) >= 11 is 0. The van der Waals surface area contributed by atoms with Crippen LogP contribution in [0.25, 0.3) is 0 Å². The highest BCUT2D eigenvalue weighted by Crippen LogP contribution is 2.53. The second-order valence-electron chi connectivity index (χ2n) is 6.25. The van der Waals surface area contributed by atoms with Crippen LogP contribution in [0.3, 0.4) is 0 Å². The second-order valence-corrected chi connectivity index (χ2v) is 6.25. The summed E-state index contributed by atoms with van der Waals surface area (Å²) in [5.41, 5.74) is -4.12. The van der Waals surface area contributed by atoms with Crippen molar-refractivity contribution in [2.45, 2.75) is 39.3 Å². The fourth-order valence-electron chi connectivity index (χ4n) is 3.32. The lowest BCUT2D eigenvalue weighted by atomic mass is 9.72. The second kappa shape index (κ2) is 6.34. The van der Waals surface area contributed by atoms with Crippen molar-refractivity contribution in [2.75, 3.05) is 13.7 Å². The molecule has 0 saturated heterocycles. The van der Waals surface area contributed by atoms with E-state index < -0.39 is 34.6 Å². The minimum Gasteiger partial charge on any atom is -0.507 e. The molecule has 1 amide bonds. The molecular weight excluding hydrogens is 351 g/mol. The summed E-state index contributed by atoms with van der Waals surface area (Å²) in [5.74, 6) is -2.64. The van der Waals surface area contributed by atoms with Crippen LogP contribution in [-0.4, -0.2) is 41.7 Å². The maximum atomic E-state index is 14.4. The third-order valence-electron chi connectivity index (χ3n) is 4.69. The minimum atomic E-state index is -5.09. The number of rotatable bonds is 3. The van der Waals surface area contributed by atoms with E-state index in [-0.39, 0.29) is 29.2 Å². The van der Waals surface area contributed by atoms with Crippen LogP contribution in [0.5, 0.6) is 5.75 Å². The Morgan fingerprint density at radius 1 is 1.23 bits per heavy atom. The Kier molecular flexibility index (Phi) is 4.83. The van der Waals surface area contributed by atoms with Gasteiger partial charge in [-0.15, -0.1) is 0 Å². The van der Waals surface area contributed by atoms with E-state index in [1.165, 1.54) is 34.7 Å². The summed E-state index contributed by atoms with van der Waals surface area (Å²) in [6, 6.07) is 2.17. The number of hydrogen-bond acceptors (Lipinski definition) is 4. The lowest BCUT2D eigenvalue weighted by Crippen LogP contribution is -2.52. The summed E-state index contributed by atoms with van der Waals surface area (Å²) in [6.07, 6.45) is -5.09. The summed E-state index contributed by atoms with van der Waals surface area (Å²) in [4.78, 5) is 26.0. The molecule has 1 aliphatic rings. The Morgan fingerprint density at radius 2 is 1.73 bits per heavy atom. The van der Waals surface area contributed by atoms with Crippen molar-refractivity contribution in [3.63, 3.8) is 0 Å². The van der Waals surface area contributed by atoms with Gasteiger partial charge in [-0.25, -0.2) is 4.79 Å². The van der Waals surface area contributed by atoms with E-state index in [0.717, 1.165) is 17.0 Å². The molecule has 2 rings (SSSR count). The molecular formula is C18H20F3NO4. The Labute approximate surface area is 149 Å². The Morgan fingerprint density at radius 3 is 2.15 bits per heavy atom. The van der Waals surface area contributed by atoms with Crippen molar-refractivity contribution in [1.29, 1.82) is 0 Å². The van der Waals surface area contributed by atoms with E-state index in [1.54, 1.807) is 0 Å². The molecule has 1 unspecified atom stereocenters. The van der Waals surface area contributed by atoms with Crippen LogP contribution < -0.4 is 0 Å². The first-order valence-electron chi connectivity index (χ1n) is 7.95. The number of likely N-dealkylation sites (N-methyl/N-ethyl adjacent to an activating group) is 1. The lowest BCUT2D eigenvalue weighted by Gasteiger charge is -2.33. The highest BCUT2D eigenvalue weighted by Gasteiger charge is 2.70. The number of esters is 1. The molecule has 1 aromatic carbocycles. The summed E-state index contributed by atoms with van der Waals surface area (Å²) < 4.78 is 47.9. The number of carbonyl (C=O) groups is 2. The zero-order chi connectivity index (χ0) is 20.0. The molecule has 1 aromatic rings. The Balaban J connectivity index is 2.94. The van der Waals surface area contributed by atoms with Gasteiger partial charge >= 0.3 is 12.1 Å². The van der Waals surface area contributed by atoms with Crippen LogP contribution in [0.2, 0.25) is 0 Å². The molecule has 5 nitrogen and oxygen atoms in total. The Bertz CT molecular complexity index is 790. The van der Waals surface area contributed by atoms with Gasteiger partial charge in [-0.2, -0.15) is 13.2 Å². The van der Waals surface area contributed by atoms with Crippen LogP contribution in [0.1, 0.15) is 30.5 Å². The maximum absolute atomic E-state index is 14.4. The molecule has 1 N–H and O–H groups in total. The van der Waals surface area contributed by atoms with Crippen molar-refractivity contribution in [3.8, 4) is 5.75 Å². The first-order valence-corrected chi connectivity index (χ1v) is 7.95. The van der Waals surface area contributed by atoms with E-state index in [0.29, 0.717) is 0 Å². The van der Waals surface area contributed by atoms with Crippen molar-refractivity contribution < 1.29 is 32.6 Å². The van der Waals surface area contributed by atoms with Gasteiger partial charge in [0.25, 0.3) is 5.91 Å². The molecule has 1 atom stereocenters. The fourth-order valence-corrected chi connectivity index (χ4v) is 3.32. The third-order valence-corrected chi connectivity index (χ3v) is 4.69. The largest absolute Gasteiger partial charge is 0.507 e. The summed E-state index contributed by atoms with van der Waals surface area (Å²) in [5, 5.41) is 9.91. The molecule has 0 radical (unpaired) electrons. The van der Waals surface area contributed by atoms with E-state index in [9.17, 15) is 27.9 Å². The molecule has 142 valence electrons. The number of hydrogen-bond donors (Lipinski definition) is 1. The standard InChI is InChI=1S/C18H20F3NO4/c1-6-26-15(24)13-11(4)22(5)16(25)17(13,18(19,20)21)12-7-9(2)14(23)10(3)8-12/h7-8,23H,6H2,1-5H3. The number of benzene rings is 1. The molecule has 0 spiro atoms. The van der Waals surface area contributed by atoms with Gasteiger partial charge in [0, 0.05) is 12.7 Å². The van der Waals surface area contributed by atoms with Gasteiger partial charge in [0.05, 0.1) is 12.2 Å². The first kappa shape index (κ1) is 19.8. The van der Waals surface area contributed by atoms with Crippen molar-refractivity contribution in [1.82, 2.24) is 4.90 Å². The predicted molar refractivity (Wildman–Crippen MR) is 87.4 cm³/mol. The van der Waals surface area contributed by atoms with Crippen LogP contribution >= 0.6 is 0 Å². The number of aryl methyl sites for hydroxylation is 2. The topological polar surface area (TPSA) is 66.8 Å². The molecule has 0 saturated carbocycles. The van der Waals surface area contributed by atoms with Gasteiger partial charge in [-0.05, 0) is 44.4 Å². The van der Waals surface area contributed by atoms with Gasteiger partial charge in [-0.1, -0.05) is 12.1 Å². The zero-order valence-corrected chi connectivity index (χ0v) is 15.1. The maximum Gasteiger partial charge on any atom is 0.411 e. The number of halogens is 3. The fraction of sp³-hybridized carbons (Fsp3) is 0.444. The van der Waals surface area contributed by atoms with Crippen LogP contribution in [0, 0.1) is 13.8 Å². The average Bonchev–Trinajstić information content (AvgIpc) is 2.73. The van der Waals surface area contributed by atoms with E-state index >= 15 is 0 Å². The molecule has 1 heterocycles. The predicted octanol–water partition coefficient (Wildman–Crippen LogP) is 3.12. The van der Waals surface area contributed by atoms with Gasteiger partial charge in [0.2, 0.25) is 5.41 Å². The van der Waals surface area contributed by atoms with Crippen LogP contribution in [0.15, 0.2) is 23.4 Å². The summed E-state index contributed by atoms with van der Waals surface area (Å²) in [7, 11) is 1.19. The first-order chi connectivity index (χ1) is 11.9. The summed E-state index contributed by atoms with van der Waals surface area (Å²) in [6.45, 7) is 5.48. The smallest absolute Gasteiger partial charge is 0.411 e. The number of ether oxygens (including phenoxy) is 1. The van der Waals surface area contributed by atoms with Gasteiger partial charge in [-0.3, -0.25) is 4.79 Å². The monoisotopic (exact) mass is 371 g/mol. The third kappa shape index (κ3) is 2.55. The number of carbonyl (C=O) groups excluding carboxylic acids is 2. The number of allylic oxidation sites excluding steroid dienone is 1. The van der Waals surface area contributed by atoms with E-state index in [1.807, 2.05) is 0 Å². The minimum absolute atomic E-state index is 0.117. The number of amides is 1. The number of nitrogens with zero attached hydrogens (tertiary/aromatic N) is 1. The van der Waals surface area contributed by atoms with Crippen LogP contribution in [0.4, 0.5) is 13.2 Å². The zero-order valence-electron chi connectivity index (χ0n) is 15.1. The van der Waals surface area contributed by atoms with Gasteiger partial charge in [0.15, 0.2) is 0 Å². The van der Waals surface area contributed by atoms with Crippen molar-refractivity contribution >= 4 is 11.9 Å². The van der Waals surface area contributed by atoms with E-state index in [2.05, 4.69) is 0 Å². The van der Waals surface area contributed by atoms with Crippen LogP contribution in [-0.2, 0) is 19.7 Å². The van der Waals surface area contributed by atoms with Crippen molar-refractivity contribution in [3.05, 3.63) is 40.1 Å². The molecule has 8 heteroatoms. The lowest BCUT2D eigenvalue weighted by molar-refractivity contribution is -0.190. The average molecular weight is 371 g/mol. The highest BCUT2D eigenvalue weighted by atomic mass is 19.4. The Hall–Kier alpha value is -2.51. The SMILES string of the molecule is CCOC(=O)C1=C(C)N(C)C(=O)C1(c1cc(C)c(O)c(C)c1)C(F)(F)F. The molecule has 0 aliphatic carbocycles. The quantitative estimate of drug-likeness (QED) is 0.829. The molecule has 0 bridgehead atoms. The van der Waals surface area contributed by atoms with E-state index in [4.69, 9.17) is 4.74 Å². The van der Waals surface area contributed by atoms with Crippen molar-refractivity contribution in [2.24, 2.45) is 0 Å². The van der Waals surface area contributed by atoms with Gasteiger partial charge in [0.1, 0.15) is 5.75 Å². The molecule has 0 fully saturated rings. The number of aromatic hydroxyl groups is 1. The number of phenolic OH excluding ortho intramolecular Hbond substituents is 1. The molecule has 1 aliphatic heterocycles. The van der Waals surface area contributed by atoms with Gasteiger partial charge < -0.3 is 14.7 Å². The number of alkyl halides is 3. The molecule has 0 aromatic heterocycles. The molecule has 26 heavy (non-hydrogen) atoms.